The van der Waals surface area contributed by atoms with Crippen LogP contribution in [0.1, 0.15) is 61.9 Å². The van der Waals surface area contributed by atoms with Crippen molar-refractivity contribution in [2.75, 3.05) is 6.54 Å². The van der Waals surface area contributed by atoms with Crippen LogP contribution in [0.25, 0.3) is 0 Å². The van der Waals surface area contributed by atoms with Gasteiger partial charge in [0.15, 0.2) is 0 Å². The fraction of sp³-hybridized carbons (Fsp3) is 0.842. The Labute approximate surface area is 134 Å². The minimum Gasteiger partial charge on any atom is -0.313 e. The lowest BCUT2D eigenvalue weighted by molar-refractivity contribution is -0.0567. The number of nitrogens with zero attached hydrogens (tertiary/aromatic N) is 2. The summed E-state index contributed by atoms with van der Waals surface area (Å²) in [5.74, 6) is 3.23. The standard InChI is InChI=1S/C19H31N3/c1-13-18(14(2)22(3)21-13)12-20-5-4-19-9-15-6-16(10-19)8-17(7-15)11-19/h15-17,20H,4-12H2,1-3H3. The molecule has 1 N–H and O–H groups in total. The Bertz CT molecular complexity index is 522. The zero-order valence-corrected chi connectivity index (χ0v) is 14.5. The average Bonchev–Trinajstić information content (AvgIpc) is 2.67. The summed E-state index contributed by atoms with van der Waals surface area (Å²) in [5.41, 5.74) is 4.59. The molecule has 4 fully saturated rings. The van der Waals surface area contributed by atoms with E-state index in [4.69, 9.17) is 0 Å². The van der Waals surface area contributed by atoms with Crippen LogP contribution in [-0.4, -0.2) is 16.3 Å². The molecule has 4 bridgehead atoms. The van der Waals surface area contributed by atoms with Crippen LogP contribution in [0, 0.1) is 37.0 Å². The molecule has 0 unspecified atom stereocenters. The Balaban J connectivity index is 1.32. The zero-order chi connectivity index (χ0) is 15.3. The van der Waals surface area contributed by atoms with Crippen molar-refractivity contribution in [2.45, 2.75) is 65.3 Å². The first-order valence-electron chi connectivity index (χ1n) is 9.24. The van der Waals surface area contributed by atoms with Crippen molar-refractivity contribution in [3.63, 3.8) is 0 Å². The van der Waals surface area contributed by atoms with Crippen LogP contribution in [0.2, 0.25) is 0 Å². The molecule has 0 aromatic carbocycles. The van der Waals surface area contributed by atoms with E-state index in [1.807, 2.05) is 11.7 Å². The van der Waals surface area contributed by atoms with Crippen molar-refractivity contribution in [1.29, 1.82) is 0 Å². The molecule has 0 radical (unpaired) electrons. The third kappa shape index (κ3) is 2.51. The van der Waals surface area contributed by atoms with Crippen LogP contribution in [0.5, 0.6) is 0 Å². The van der Waals surface area contributed by atoms with Gasteiger partial charge in [0.05, 0.1) is 5.69 Å². The van der Waals surface area contributed by atoms with Gasteiger partial charge in [-0.1, -0.05) is 0 Å². The Morgan fingerprint density at radius 3 is 2.18 bits per heavy atom. The van der Waals surface area contributed by atoms with Crippen molar-refractivity contribution in [1.82, 2.24) is 15.1 Å². The SMILES string of the molecule is Cc1nn(C)c(C)c1CNCCC12CC3CC(CC(C3)C1)C2. The van der Waals surface area contributed by atoms with Gasteiger partial charge < -0.3 is 5.32 Å². The van der Waals surface area contributed by atoms with Crippen molar-refractivity contribution < 1.29 is 0 Å². The van der Waals surface area contributed by atoms with E-state index >= 15 is 0 Å². The van der Waals surface area contributed by atoms with Gasteiger partial charge in [-0.3, -0.25) is 4.68 Å². The predicted molar refractivity (Wildman–Crippen MR) is 89.6 cm³/mol. The second kappa shape index (κ2) is 5.36. The number of nitrogens with one attached hydrogen (secondary N) is 1. The zero-order valence-electron chi connectivity index (χ0n) is 14.5. The number of hydrogen-bond acceptors (Lipinski definition) is 2. The third-order valence-corrected chi connectivity index (χ3v) is 6.96. The van der Waals surface area contributed by atoms with Crippen molar-refractivity contribution >= 4 is 0 Å². The highest BCUT2D eigenvalue weighted by Gasteiger charge is 2.50. The second-order valence-corrected chi connectivity index (χ2v) is 8.62. The van der Waals surface area contributed by atoms with Crippen LogP contribution in [0.4, 0.5) is 0 Å². The summed E-state index contributed by atoms with van der Waals surface area (Å²) >= 11 is 0. The summed E-state index contributed by atoms with van der Waals surface area (Å²) in [6.45, 7) is 6.47. The van der Waals surface area contributed by atoms with E-state index in [1.54, 1.807) is 19.3 Å². The Kier molecular flexibility index (Phi) is 3.60. The van der Waals surface area contributed by atoms with E-state index in [0.717, 1.165) is 24.3 Å². The molecule has 0 spiro atoms. The van der Waals surface area contributed by atoms with Crippen LogP contribution < -0.4 is 5.32 Å². The summed E-state index contributed by atoms with van der Waals surface area (Å²) in [5, 5.41) is 8.24. The molecular weight excluding hydrogens is 270 g/mol. The molecule has 0 atom stereocenters. The van der Waals surface area contributed by atoms with Gasteiger partial charge in [-0.05, 0) is 88.5 Å². The molecule has 0 aliphatic heterocycles. The monoisotopic (exact) mass is 301 g/mol. The summed E-state index contributed by atoms with van der Waals surface area (Å²) < 4.78 is 2.01. The third-order valence-electron chi connectivity index (χ3n) is 6.96. The van der Waals surface area contributed by atoms with E-state index in [2.05, 4.69) is 24.3 Å². The molecule has 3 heteroatoms. The molecule has 0 saturated heterocycles. The van der Waals surface area contributed by atoms with Crippen LogP contribution in [0.3, 0.4) is 0 Å². The molecule has 4 saturated carbocycles. The minimum absolute atomic E-state index is 0.709. The van der Waals surface area contributed by atoms with Gasteiger partial charge in [-0.15, -0.1) is 0 Å². The highest BCUT2D eigenvalue weighted by Crippen LogP contribution is 2.61. The largest absolute Gasteiger partial charge is 0.313 e. The summed E-state index contributed by atoms with van der Waals surface area (Å²) in [6.07, 6.45) is 10.7. The van der Waals surface area contributed by atoms with Crippen molar-refractivity contribution in [3.05, 3.63) is 17.0 Å². The van der Waals surface area contributed by atoms with E-state index in [0.29, 0.717) is 5.41 Å². The van der Waals surface area contributed by atoms with E-state index in [9.17, 15) is 0 Å². The molecule has 1 aromatic heterocycles. The average molecular weight is 301 g/mol. The molecule has 3 nitrogen and oxygen atoms in total. The van der Waals surface area contributed by atoms with Crippen LogP contribution in [-0.2, 0) is 13.6 Å². The summed E-state index contributed by atoms with van der Waals surface area (Å²) in [4.78, 5) is 0. The number of hydrogen-bond donors (Lipinski definition) is 1. The second-order valence-electron chi connectivity index (χ2n) is 8.62. The fourth-order valence-corrected chi connectivity index (χ4v) is 6.24. The highest BCUT2D eigenvalue weighted by molar-refractivity contribution is 5.23. The first kappa shape index (κ1) is 14.7. The molecule has 4 aliphatic carbocycles. The Morgan fingerprint density at radius 2 is 1.68 bits per heavy atom. The van der Waals surface area contributed by atoms with E-state index in [-0.39, 0.29) is 0 Å². The van der Waals surface area contributed by atoms with Gasteiger partial charge in [0.1, 0.15) is 0 Å². The number of rotatable bonds is 5. The number of aromatic nitrogens is 2. The predicted octanol–water partition coefficient (Wildman–Crippen LogP) is 3.73. The molecule has 1 aromatic rings. The van der Waals surface area contributed by atoms with Crippen molar-refractivity contribution in [2.24, 2.45) is 30.2 Å². The molecule has 4 aliphatic rings. The normalized spacial score (nSPS) is 36.2. The smallest absolute Gasteiger partial charge is 0.0641 e. The number of aryl methyl sites for hydroxylation is 2. The van der Waals surface area contributed by atoms with Crippen LogP contribution >= 0.6 is 0 Å². The van der Waals surface area contributed by atoms with Gasteiger partial charge in [0.2, 0.25) is 0 Å². The van der Waals surface area contributed by atoms with E-state index < -0.39 is 0 Å². The maximum Gasteiger partial charge on any atom is 0.0641 e. The Hall–Kier alpha value is -0.830. The first-order chi connectivity index (χ1) is 10.5. The van der Waals surface area contributed by atoms with Gasteiger partial charge in [0.25, 0.3) is 0 Å². The maximum absolute atomic E-state index is 4.52. The summed E-state index contributed by atoms with van der Waals surface area (Å²) in [7, 11) is 2.04. The van der Waals surface area contributed by atoms with Crippen molar-refractivity contribution in [3.8, 4) is 0 Å². The topological polar surface area (TPSA) is 29.9 Å². The van der Waals surface area contributed by atoms with E-state index in [1.165, 1.54) is 49.2 Å². The van der Waals surface area contributed by atoms with Gasteiger partial charge in [0, 0.05) is 24.8 Å². The molecule has 0 amide bonds. The lowest BCUT2D eigenvalue weighted by atomic mass is 9.49. The lowest BCUT2D eigenvalue weighted by Gasteiger charge is -2.57. The Morgan fingerprint density at radius 1 is 1.09 bits per heavy atom. The fourth-order valence-electron chi connectivity index (χ4n) is 6.24. The molecule has 122 valence electrons. The highest BCUT2D eigenvalue weighted by atomic mass is 15.3. The lowest BCUT2D eigenvalue weighted by Crippen LogP contribution is -2.47. The molecule has 1 heterocycles. The first-order valence-corrected chi connectivity index (χ1v) is 9.24. The molecular formula is C19H31N3. The van der Waals surface area contributed by atoms with Gasteiger partial charge in [-0.25, -0.2) is 0 Å². The molecule has 22 heavy (non-hydrogen) atoms. The molecule has 5 rings (SSSR count). The quantitative estimate of drug-likeness (QED) is 0.840. The maximum atomic E-state index is 4.52. The van der Waals surface area contributed by atoms with Gasteiger partial charge in [-0.2, -0.15) is 5.10 Å². The minimum atomic E-state index is 0.709. The van der Waals surface area contributed by atoms with Crippen LogP contribution in [0.15, 0.2) is 0 Å². The summed E-state index contributed by atoms with van der Waals surface area (Å²) in [6, 6.07) is 0. The van der Waals surface area contributed by atoms with Gasteiger partial charge >= 0.3 is 0 Å².